The smallest absolute Gasteiger partial charge is 0.256 e. The molecule has 1 heterocycles. The van der Waals surface area contributed by atoms with Crippen LogP contribution in [0.2, 0.25) is 5.02 Å². The Balaban J connectivity index is 2.21. The van der Waals surface area contributed by atoms with E-state index >= 15 is 0 Å². The van der Waals surface area contributed by atoms with Gasteiger partial charge in [0.05, 0.1) is 28.9 Å². The molecule has 0 bridgehead atoms. The van der Waals surface area contributed by atoms with Crippen molar-refractivity contribution in [3.8, 4) is 0 Å². The standard InChI is InChI=1S/C12H15ClN2O2/c1-15(8-5-6-17-7-8)12(16)9-3-2-4-10(13)11(9)14/h2-4,8H,5-7,14H2,1H3. The summed E-state index contributed by atoms with van der Waals surface area (Å²) >= 11 is 5.90. The molecule has 0 aliphatic carbocycles. The fourth-order valence-corrected chi connectivity index (χ4v) is 2.08. The van der Waals surface area contributed by atoms with Gasteiger partial charge in [0.25, 0.3) is 5.91 Å². The third kappa shape index (κ3) is 2.37. The van der Waals surface area contributed by atoms with E-state index in [1.165, 1.54) is 0 Å². The molecule has 5 heteroatoms. The van der Waals surface area contributed by atoms with Crippen LogP contribution >= 0.6 is 11.6 Å². The number of amides is 1. The zero-order chi connectivity index (χ0) is 12.4. The molecule has 0 spiro atoms. The number of para-hydroxylation sites is 1. The molecule has 4 nitrogen and oxygen atoms in total. The van der Waals surface area contributed by atoms with Crippen LogP contribution in [0.1, 0.15) is 16.8 Å². The Morgan fingerprint density at radius 1 is 1.59 bits per heavy atom. The van der Waals surface area contributed by atoms with E-state index in [0.29, 0.717) is 29.5 Å². The summed E-state index contributed by atoms with van der Waals surface area (Å²) in [5.41, 5.74) is 6.60. The second-order valence-corrected chi connectivity index (χ2v) is 4.54. The van der Waals surface area contributed by atoms with Crippen LogP contribution in [-0.4, -0.2) is 37.1 Å². The van der Waals surface area contributed by atoms with Gasteiger partial charge in [-0.3, -0.25) is 4.79 Å². The molecule has 2 rings (SSSR count). The number of halogens is 1. The minimum Gasteiger partial charge on any atom is -0.397 e. The average Bonchev–Trinajstić information content (AvgIpc) is 2.84. The number of likely N-dealkylation sites (N-methyl/N-ethyl adjacent to an activating group) is 1. The summed E-state index contributed by atoms with van der Waals surface area (Å²) in [4.78, 5) is 13.9. The molecule has 1 aliphatic rings. The molecule has 1 aromatic carbocycles. The van der Waals surface area contributed by atoms with Crippen LogP contribution in [0, 0.1) is 0 Å². The maximum atomic E-state index is 12.2. The minimum absolute atomic E-state index is 0.111. The highest BCUT2D eigenvalue weighted by Crippen LogP contribution is 2.24. The van der Waals surface area contributed by atoms with Crippen LogP contribution < -0.4 is 5.73 Å². The fraction of sp³-hybridized carbons (Fsp3) is 0.417. The number of anilines is 1. The van der Waals surface area contributed by atoms with Crippen molar-refractivity contribution in [3.05, 3.63) is 28.8 Å². The summed E-state index contributed by atoms with van der Waals surface area (Å²) in [5.74, 6) is -0.111. The lowest BCUT2D eigenvalue weighted by Gasteiger charge is -2.23. The summed E-state index contributed by atoms with van der Waals surface area (Å²) < 4.78 is 5.27. The van der Waals surface area contributed by atoms with E-state index in [-0.39, 0.29) is 11.9 Å². The summed E-state index contributed by atoms with van der Waals surface area (Å²) in [6, 6.07) is 5.22. The summed E-state index contributed by atoms with van der Waals surface area (Å²) in [6.07, 6.45) is 0.864. The van der Waals surface area contributed by atoms with E-state index in [1.807, 2.05) is 0 Å². The van der Waals surface area contributed by atoms with Gasteiger partial charge in [-0.15, -0.1) is 0 Å². The van der Waals surface area contributed by atoms with Gasteiger partial charge in [0.2, 0.25) is 0 Å². The topological polar surface area (TPSA) is 55.6 Å². The van der Waals surface area contributed by atoms with Gasteiger partial charge in [0.1, 0.15) is 0 Å². The summed E-state index contributed by atoms with van der Waals surface area (Å²) in [5, 5.41) is 0.409. The van der Waals surface area contributed by atoms with Gasteiger partial charge in [0, 0.05) is 13.7 Å². The number of hydrogen-bond acceptors (Lipinski definition) is 3. The molecule has 0 saturated carbocycles. The lowest BCUT2D eigenvalue weighted by Crippen LogP contribution is -2.37. The highest BCUT2D eigenvalue weighted by atomic mass is 35.5. The third-order valence-electron chi connectivity index (χ3n) is 3.06. The van der Waals surface area contributed by atoms with Gasteiger partial charge >= 0.3 is 0 Å². The van der Waals surface area contributed by atoms with Gasteiger partial charge in [-0.25, -0.2) is 0 Å². The van der Waals surface area contributed by atoms with Crippen LogP contribution in [0.4, 0.5) is 5.69 Å². The van der Waals surface area contributed by atoms with E-state index < -0.39 is 0 Å². The van der Waals surface area contributed by atoms with Crippen LogP contribution in [0.25, 0.3) is 0 Å². The first-order valence-corrected chi connectivity index (χ1v) is 5.88. The number of nitrogens with zero attached hydrogens (tertiary/aromatic N) is 1. The van der Waals surface area contributed by atoms with Crippen molar-refractivity contribution < 1.29 is 9.53 Å². The Labute approximate surface area is 105 Å². The van der Waals surface area contributed by atoms with Gasteiger partial charge in [0.15, 0.2) is 0 Å². The maximum absolute atomic E-state index is 12.2. The lowest BCUT2D eigenvalue weighted by molar-refractivity contribution is 0.0712. The number of nitrogens with two attached hydrogens (primary N) is 1. The summed E-state index contributed by atoms with van der Waals surface area (Å²) in [7, 11) is 1.77. The van der Waals surface area contributed by atoms with Crippen molar-refractivity contribution in [3.63, 3.8) is 0 Å². The number of carbonyl (C=O) groups excluding carboxylic acids is 1. The molecule has 1 unspecified atom stereocenters. The second kappa shape index (κ2) is 4.94. The molecule has 0 aromatic heterocycles. The lowest BCUT2D eigenvalue weighted by atomic mass is 10.1. The van der Waals surface area contributed by atoms with Crippen LogP contribution in [0.15, 0.2) is 18.2 Å². The minimum atomic E-state index is -0.111. The van der Waals surface area contributed by atoms with E-state index in [1.54, 1.807) is 30.1 Å². The van der Waals surface area contributed by atoms with Crippen molar-refractivity contribution >= 4 is 23.2 Å². The molecule has 1 atom stereocenters. The van der Waals surface area contributed by atoms with Gasteiger partial charge in [-0.1, -0.05) is 17.7 Å². The molecular weight excluding hydrogens is 240 g/mol. The molecule has 1 saturated heterocycles. The second-order valence-electron chi connectivity index (χ2n) is 4.13. The third-order valence-corrected chi connectivity index (χ3v) is 3.39. The molecular formula is C12H15ClN2O2. The Bertz CT molecular complexity index is 431. The molecule has 92 valence electrons. The van der Waals surface area contributed by atoms with Crippen LogP contribution in [0.5, 0.6) is 0 Å². The van der Waals surface area contributed by atoms with Crippen molar-refractivity contribution in [1.82, 2.24) is 4.90 Å². The fourth-order valence-electron chi connectivity index (χ4n) is 1.91. The van der Waals surface area contributed by atoms with E-state index in [2.05, 4.69) is 0 Å². The SMILES string of the molecule is CN(C(=O)c1cccc(Cl)c1N)C1CCOC1. The Morgan fingerprint density at radius 2 is 2.35 bits per heavy atom. The molecule has 1 amide bonds. The normalized spacial score (nSPS) is 19.3. The average molecular weight is 255 g/mol. The molecule has 0 radical (unpaired) electrons. The highest BCUT2D eigenvalue weighted by molar-refractivity contribution is 6.33. The molecule has 17 heavy (non-hydrogen) atoms. The first-order valence-electron chi connectivity index (χ1n) is 5.50. The van der Waals surface area contributed by atoms with Crippen molar-refractivity contribution in [2.24, 2.45) is 0 Å². The largest absolute Gasteiger partial charge is 0.397 e. The molecule has 1 fully saturated rings. The Morgan fingerprint density at radius 3 is 3.00 bits per heavy atom. The molecule has 2 N–H and O–H groups in total. The predicted octanol–water partition coefficient (Wildman–Crippen LogP) is 1.78. The number of carbonyl (C=O) groups is 1. The monoisotopic (exact) mass is 254 g/mol. The van der Waals surface area contributed by atoms with Crippen LogP contribution in [0.3, 0.4) is 0 Å². The Hall–Kier alpha value is -1.26. The molecule has 1 aliphatic heterocycles. The number of rotatable bonds is 2. The molecule has 1 aromatic rings. The summed E-state index contributed by atoms with van der Waals surface area (Å²) in [6.45, 7) is 1.29. The first kappa shape index (κ1) is 12.2. The van der Waals surface area contributed by atoms with E-state index in [4.69, 9.17) is 22.1 Å². The first-order chi connectivity index (χ1) is 8.11. The number of ether oxygens (including phenoxy) is 1. The quantitative estimate of drug-likeness (QED) is 0.819. The Kier molecular flexibility index (Phi) is 3.54. The predicted molar refractivity (Wildman–Crippen MR) is 67.2 cm³/mol. The number of nitrogen functional groups attached to an aromatic ring is 1. The van der Waals surface area contributed by atoms with E-state index in [0.717, 1.165) is 6.42 Å². The van der Waals surface area contributed by atoms with Gasteiger partial charge in [-0.05, 0) is 18.6 Å². The van der Waals surface area contributed by atoms with Crippen molar-refractivity contribution in [2.45, 2.75) is 12.5 Å². The van der Waals surface area contributed by atoms with Crippen molar-refractivity contribution in [2.75, 3.05) is 26.0 Å². The van der Waals surface area contributed by atoms with Crippen molar-refractivity contribution in [1.29, 1.82) is 0 Å². The zero-order valence-electron chi connectivity index (χ0n) is 9.65. The van der Waals surface area contributed by atoms with Gasteiger partial charge in [-0.2, -0.15) is 0 Å². The number of hydrogen-bond donors (Lipinski definition) is 1. The van der Waals surface area contributed by atoms with E-state index in [9.17, 15) is 4.79 Å². The van der Waals surface area contributed by atoms with Crippen LogP contribution in [-0.2, 0) is 4.74 Å². The highest BCUT2D eigenvalue weighted by Gasteiger charge is 2.26. The maximum Gasteiger partial charge on any atom is 0.256 e. The zero-order valence-corrected chi connectivity index (χ0v) is 10.4. The number of benzene rings is 1. The van der Waals surface area contributed by atoms with Gasteiger partial charge < -0.3 is 15.4 Å².